The molecule has 152 valence electrons. The average Bonchev–Trinajstić information content (AvgIpc) is 2.77. The fourth-order valence-electron chi connectivity index (χ4n) is 3.38. The highest BCUT2D eigenvalue weighted by Gasteiger charge is 2.30. The van der Waals surface area contributed by atoms with Crippen LogP contribution in [0.1, 0.15) is 12.0 Å². The first-order chi connectivity index (χ1) is 14.5. The van der Waals surface area contributed by atoms with E-state index in [1.54, 1.807) is 0 Å². The topological polar surface area (TPSA) is 139 Å². The van der Waals surface area contributed by atoms with Crippen molar-refractivity contribution in [2.24, 2.45) is 0 Å². The van der Waals surface area contributed by atoms with Gasteiger partial charge in [-0.05, 0) is 36.6 Å². The molecule has 0 bridgehead atoms. The van der Waals surface area contributed by atoms with Gasteiger partial charge in [-0.25, -0.2) is 9.97 Å². The molecule has 2 heterocycles. The molecule has 0 saturated heterocycles. The lowest BCUT2D eigenvalue weighted by Crippen LogP contribution is -2.26. The van der Waals surface area contributed by atoms with E-state index in [0.29, 0.717) is 12.2 Å². The van der Waals surface area contributed by atoms with Crippen molar-refractivity contribution in [2.45, 2.75) is 12.8 Å². The van der Waals surface area contributed by atoms with Crippen molar-refractivity contribution in [1.29, 1.82) is 0 Å². The lowest BCUT2D eigenvalue weighted by Gasteiger charge is -2.30. The summed E-state index contributed by atoms with van der Waals surface area (Å²) in [4.78, 5) is 31.7. The van der Waals surface area contributed by atoms with Crippen LogP contribution in [0.4, 0.5) is 34.4 Å². The third-order valence-corrected chi connectivity index (χ3v) is 4.75. The molecule has 0 saturated carbocycles. The second-order valence-corrected chi connectivity index (χ2v) is 6.59. The van der Waals surface area contributed by atoms with Gasteiger partial charge in [0.25, 0.3) is 5.69 Å². The highest BCUT2D eigenvalue weighted by atomic mass is 16.6. The van der Waals surface area contributed by atoms with Gasteiger partial charge in [-0.15, -0.1) is 0 Å². The van der Waals surface area contributed by atoms with Crippen LogP contribution in [0.5, 0.6) is 0 Å². The maximum atomic E-state index is 11.9. The number of benzene rings is 2. The van der Waals surface area contributed by atoms with Crippen LogP contribution in [0.2, 0.25) is 0 Å². The smallest absolute Gasteiger partial charge is 0.320 e. The second-order valence-electron chi connectivity index (χ2n) is 6.59. The SMILES string of the molecule is O=[N+]([O-])c1ccc(NNc2ncnc(N3CCCc4ccccc43)c2[N+](=O)[O-])cc1. The highest BCUT2D eigenvalue weighted by molar-refractivity contribution is 5.77. The van der Waals surface area contributed by atoms with E-state index in [1.165, 1.54) is 30.6 Å². The van der Waals surface area contributed by atoms with Crippen molar-refractivity contribution in [3.63, 3.8) is 0 Å². The van der Waals surface area contributed by atoms with Gasteiger partial charge in [0.2, 0.25) is 11.6 Å². The molecule has 0 unspecified atom stereocenters. The Morgan fingerprint density at radius 2 is 1.70 bits per heavy atom. The molecule has 3 aromatic rings. The Balaban J connectivity index is 1.64. The fraction of sp³-hybridized carbons (Fsp3) is 0.158. The predicted molar refractivity (Wildman–Crippen MR) is 111 cm³/mol. The number of aromatic nitrogens is 2. The number of nitro groups is 2. The van der Waals surface area contributed by atoms with E-state index in [2.05, 4.69) is 20.8 Å². The number of hydrazine groups is 1. The molecular weight excluding hydrogens is 390 g/mol. The van der Waals surface area contributed by atoms with Gasteiger partial charge in [-0.3, -0.25) is 31.1 Å². The molecule has 30 heavy (non-hydrogen) atoms. The Hall–Kier alpha value is -4.28. The molecule has 11 heteroatoms. The van der Waals surface area contributed by atoms with Gasteiger partial charge in [-0.2, -0.15) is 0 Å². The Morgan fingerprint density at radius 3 is 2.43 bits per heavy atom. The third-order valence-electron chi connectivity index (χ3n) is 4.75. The van der Waals surface area contributed by atoms with Crippen molar-refractivity contribution in [3.05, 3.63) is 80.7 Å². The Labute approximate surface area is 170 Å². The van der Waals surface area contributed by atoms with E-state index in [-0.39, 0.29) is 23.0 Å². The van der Waals surface area contributed by atoms with Crippen LogP contribution in [0.3, 0.4) is 0 Å². The summed E-state index contributed by atoms with van der Waals surface area (Å²) in [5, 5.41) is 22.6. The quantitative estimate of drug-likeness (QED) is 0.461. The minimum Gasteiger partial charge on any atom is -0.320 e. The summed E-state index contributed by atoms with van der Waals surface area (Å²) in [5.41, 5.74) is 7.67. The Morgan fingerprint density at radius 1 is 0.933 bits per heavy atom. The summed E-state index contributed by atoms with van der Waals surface area (Å²) in [6, 6.07) is 13.4. The molecule has 0 amide bonds. The van der Waals surface area contributed by atoms with Crippen LogP contribution in [0.25, 0.3) is 0 Å². The van der Waals surface area contributed by atoms with Crippen LogP contribution in [-0.2, 0) is 6.42 Å². The molecule has 11 nitrogen and oxygen atoms in total. The van der Waals surface area contributed by atoms with Gasteiger partial charge in [-0.1, -0.05) is 18.2 Å². The number of anilines is 4. The van der Waals surface area contributed by atoms with Gasteiger partial charge >= 0.3 is 5.69 Å². The van der Waals surface area contributed by atoms with Gasteiger partial charge in [0.15, 0.2) is 0 Å². The Kier molecular flexibility index (Phi) is 5.08. The number of hydrogen-bond donors (Lipinski definition) is 2. The van der Waals surface area contributed by atoms with Crippen LogP contribution in [-0.4, -0.2) is 26.4 Å². The minimum atomic E-state index is -0.521. The van der Waals surface area contributed by atoms with E-state index in [4.69, 9.17) is 0 Å². The first-order valence-electron chi connectivity index (χ1n) is 9.16. The van der Waals surface area contributed by atoms with Crippen LogP contribution >= 0.6 is 0 Å². The maximum absolute atomic E-state index is 11.9. The largest absolute Gasteiger partial charge is 0.355 e. The molecule has 0 fully saturated rings. The van der Waals surface area contributed by atoms with Gasteiger partial charge in [0.05, 0.1) is 15.5 Å². The maximum Gasteiger partial charge on any atom is 0.355 e. The number of fused-ring (bicyclic) bond motifs is 1. The third kappa shape index (κ3) is 3.68. The van der Waals surface area contributed by atoms with Crippen molar-refractivity contribution in [3.8, 4) is 0 Å². The molecular formula is C19H17N7O4. The van der Waals surface area contributed by atoms with E-state index >= 15 is 0 Å². The van der Waals surface area contributed by atoms with Crippen molar-refractivity contribution >= 4 is 34.4 Å². The molecule has 0 aliphatic carbocycles. The number of rotatable bonds is 6. The number of para-hydroxylation sites is 1. The number of non-ortho nitro benzene ring substituents is 1. The molecule has 0 radical (unpaired) electrons. The summed E-state index contributed by atoms with van der Waals surface area (Å²) in [6.45, 7) is 0.601. The predicted octanol–water partition coefficient (Wildman–Crippen LogP) is 3.82. The molecule has 1 aliphatic rings. The molecule has 4 rings (SSSR count). The van der Waals surface area contributed by atoms with Gasteiger partial charge in [0, 0.05) is 24.4 Å². The Bertz CT molecular complexity index is 1100. The molecule has 2 N–H and O–H groups in total. The van der Waals surface area contributed by atoms with E-state index in [9.17, 15) is 20.2 Å². The van der Waals surface area contributed by atoms with Crippen LogP contribution < -0.4 is 15.8 Å². The summed E-state index contributed by atoms with van der Waals surface area (Å²) < 4.78 is 0. The number of nitro benzene ring substituents is 1. The lowest BCUT2D eigenvalue weighted by atomic mass is 10.0. The first-order valence-corrected chi connectivity index (χ1v) is 9.16. The molecule has 1 aromatic heterocycles. The summed E-state index contributed by atoms with van der Waals surface area (Å²) in [7, 11) is 0. The van der Waals surface area contributed by atoms with Crippen molar-refractivity contribution in [2.75, 3.05) is 22.3 Å². The van der Waals surface area contributed by atoms with Gasteiger partial charge in [0.1, 0.15) is 6.33 Å². The minimum absolute atomic E-state index is 0.00796. The number of nitrogens with zero attached hydrogens (tertiary/aromatic N) is 5. The number of hydrogen-bond acceptors (Lipinski definition) is 9. The summed E-state index contributed by atoms with van der Waals surface area (Å²) in [5.74, 6) is 0.196. The van der Waals surface area contributed by atoms with Gasteiger partial charge < -0.3 is 4.90 Å². The zero-order valence-electron chi connectivity index (χ0n) is 15.7. The molecule has 1 aliphatic heterocycles. The molecule has 2 aromatic carbocycles. The van der Waals surface area contributed by atoms with E-state index in [0.717, 1.165) is 24.1 Å². The average molecular weight is 407 g/mol. The zero-order chi connectivity index (χ0) is 21.1. The summed E-state index contributed by atoms with van der Waals surface area (Å²) in [6.07, 6.45) is 3.01. The van der Waals surface area contributed by atoms with E-state index < -0.39 is 9.85 Å². The standard InChI is InChI=1S/C19H17N7O4/c27-25(28)15-9-7-14(8-10-15)22-23-18-17(26(29)30)19(21-12-20-18)24-11-3-5-13-4-1-2-6-16(13)24/h1-2,4,6-10,12,22H,3,5,11H2,(H,20,21,23). The van der Waals surface area contributed by atoms with Crippen LogP contribution in [0.15, 0.2) is 54.9 Å². The number of nitrogens with one attached hydrogen (secondary N) is 2. The monoisotopic (exact) mass is 407 g/mol. The summed E-state index contributed by atoms with van der Waals surface area (Å²) >= 11 is 0. The lowest BCUT2D eigenvalue weighted by molar-refractivity contribution is -0.384. The second kappa shape index (κ2) is 7.99. The van der Waals surface area contributed by atoms with Crippen LogP contribution in [0, 0.1) is 20.2 Å². The highest BCUT2D eigenvalue weighted by Crippen LogP contribution is 2.39. The van der Waals surface area contributed by atoms with Crippen molar-refractivity contribution < 1.29 is 9.85 Å². The normalized spacial score (nSPS) is 12.7. The van der Waals surface area contributed by atoms with E-state index in [1.807, 2.05) is 29.2 Å². The zero-order valence-corrected chi connectivity index (χ0v) is 15.7. The van der Waals surface area contributed by atoms with Crippen molar-refractivity contribution in [1.82, 2.24) is 9.97 Å². The first kappa shape index (κ1) is 19.1. The fourth-order valence-corrected chi connectivity index (χ4v) is 3.38. The number of aryl methyl sites for hydroxylation is 1. The molecule has 0 spiro atoms. The molecule has 0 atom stereocenters.